The monoisotopic (exact) mass is 309 g/mol. The van der Waals surface area contributed by atoms with E-state index in [1.54, 1.807) is 11.3 Å². The van der Waals surface area contributed by atoms with Crippen LogP contribution in [-0.4, -0.2) is 25.6 Å². The van der Waals surface area contributed by atoms with E-state index in [4.69, 9.17) is 0 Å². The van der Waals surface area contributed by atoms with Crippen LogP contribution in [0.5, 0.6) is 0 Å². The number of hydrogen-bond acceptors (Lipinski definition) is 6. The molecule has 21 heavy (non-hydrogen) atoms. The number of nitro groups is 1. The van der Waals surface area contributed by atoms with Gasteiger partial charge in [0.05, 0.1) is 6.04 Å². The van der Waals surface area contributed by atoms with Crippen molar-refractivity contribution in [3.8, 4) is 0 Å². The molecule has 0 fully saturated rings. The van der Waals surface area contributed by atoms with E-state index in [1.807, 2.05) is 26.8 Å². The Morgan fingerprint density at radius 3 is 2.81 bits per heavy atom. The van der Waals surface area contributed by atoms with E-state index in [1.165, 1.54) is 11.2 Å². The largest absolute Gasteiger partial charge is 0.490 e. The molecule has 0 aliphatic heterocycles. The Bertz CT molecular complexity index is 678. The van der Waals surface area contributed by atoms with E-state index in [0.717, 1.165) is 15.1 Å². The number of aryl methyl sites for hydroxylation is 2. The minimum atomic E-state index is -0.700. The number of carbonyl (C=O) groups excluding carboxylic acids is 1. The number of nitrogens with one attached hydrogen (secondary N) is 1. The van der Waals surface area contributed by atoms with Gasteiger partial charge in [-0.25, -0.2) is 0 Å². The molecule has 0 spiro atoms. The van der Waals surface area contributed by atoms with E-state index >= 15 is 0 Å². The first kappa shape index (κ1) is 15.1. The third-order valence-electron chi connectivity index (χ3n) is 2.92. The molecule has 0 aromatic carbocycles. The van der Waals surface area contributed by atoms with Crippen molar-refractivity contribution in [2.24, 2.45) is 0 Å². The molecule has 0 saturated heterocycles. The summed E-state index contributed by atoms with van der Waals surface area (Å²) in [7, 11) is 0. The highest BCUT2D eigenvalue weighted by Gasteiger charge is 2.18. The topological polar surface area (TPSA) is 103 Å². The summed E-state index contributed by atoms with van der Waals surface area (Å²) in [5.41, 5.74) is 1.08. The maximum Gasteiger partial charge on any atom is 0.490 e. The maximum atomic E-state index is 11.9. The summed E-state index contributed by atoms with van der Waals surface area (Å²) < 4.78 is 1.14. The zero-order valence-electron chi connectivity index (χ0n) is 11.9. The Labute approximate surface area is 125 Å². The predicted molar refractivity (Wildman–Crippen MR) is 77.0 cm³/mol. The summed E-state index contributed by atoms with van der Waals surface area (Å²) in [5.74, 6) is -0.786. The molecular weight excluding hydrogens is 294 g/mol. The summed E-state index contributed by atoms with van der Waals surface area (Å²) in [6.07, 6.45) is 1.17. The lowest BCUT2D eigenvalue weighted by molar-refractivity contribution is -0.394. The molecule has 2 aromatic rings. The van der Waals surface area contributed by atoms with Crippen molar-refractivity contribution in [3.05, 3.63) is 37.8 Å². The van der Waals surface area contributed by atoms with Gasteiger partial charge >= 0.3 is 5.95 Å². The molecule has 1 N–H and O–H groups in total. The number of nitrogens with zero attached hydrogens (tertiary/aromatic N) is 4. The third-order valence-corrected chi connectivity index (χ3v) is 3.90. The normalized spacial score (nSPS) is 12.1. The SMILES string of the molecule is Cc1cc(C(C)NC(=O)Cn2cnc([N+](=O)[O-])n2)c(C)s1. The molecule has 8 nitrogen and oxygen atoms in total. The van der Waals surface area contributed by atoms with Gasteiger partial charge in [0.1, 0.15) is 6.54 Å². The summed E-state index contributed by atoms with van der Waals surface area (Å²) in [6, 6.07) is 1.92. The molecule has 112 valence electrons. The molecular formula is C12H15N5O3S. The first-order valence-corrected chi connectivity index (χ1v) is 7.08. The van der Waals surface area contributed by atoms with Crippen LogP contribution in [0.2, 0.25) is 0 Å². The molecule has 2 rings (SSSR count). The summed E-state index contributed by atoms with van der Waals surface area (Å²) in [4.78, 5) is 27.5. The molecule has 1 amide bonds. The average molecular weight is 309 g/mol. The van der Waals surface area contributed by atoms with E-state index in [9.17, 15) is 14.9 Å². The number of amides is 1. The lowest BCUT2D eigenvalue weighted by atomic mass is 10.1. The van der Waals surface area contributed by atoms with Crippen LogP contribution in [0.15, 0.2) is 12.4 Å². The summed E-state index contributed by atoms with van der Waals surface area (Å²) in [5, 5.41) is 16.9. The van der Waals surface area contributed by atoms with Gasteiger partial charge in [0.25, 0.3) is 0 Å². The standard InChI is InChI=1S/C12H15N5O3S/c1-7-4-10(9(3)21-7)8(2)14-11(18)5-16-6-13-12(15-16)17(19)20/h4,6,8H,5H2,1-3H3,(H,14,18). The van der Waals surface area contributed by atoms with Gasteiger partial charge in [0.2, 0.25) is 12.2 Å². The van der Waals surface area contributed by atoms with E-state index < -0.39 is 10.9 Å². The second-order valence-electron chi connectivity index (χ2n) is 4.66. The van der Waals surface area contributed by atoms with Gasteiger partial charge in [0, 0.05) is 14.9 Å². The summed E-state index contributed by atoms with van der Waals surface area (Å²) in [6.45, 7) is 5.82. The molecule has 0 radical (unpaired) electrons. The van der Waals surface area contributed by atoms with Crippen molar-refractivity contribution >= 4 is 23.2 Å². The second kappa shape index (κ2) is 6.00. The van der Waals surface area contributed by atoms with Gasteiger partial charge in [-0.3, -0.25) is 4.79 Å². The molecule has 9 heteroatoms. The van der Waals surface area contributed by atoms with E-state index in [2.05, 4.69) is 15.4 Å². The van der Waals surface area contributed by atoms with Gasteiger partial charge in [-0.2, -0.15) is 4.68 Å². The molecule has 0 aliphatic carbocycles. The zero-order valence-corrected chi connectivity index (χ0v) is 12.7. The Morgan fingerprint density at radius 1 is 1.57 bits per heavy atom. The Balaban J connectivity index is 1.97. The van der Waals surface area contributed by atoms with Crippen LogP contribution >= 0.6 is 11.3 Å². The maximum absolute atomic E-state index is 11.9. The number of aromatic nitrogens is 3. The molecule has 0 aliphatic rings. The summed E-state index contributed by atoms with van der Waals surface area (Å²) >= 11 is 1.68. The molecule has 0 saturated carbocycles. The Morgan fingerprint density at radius 2 is 2.29 bits per heavy atom. The van der Waals surface area contributed by atoms with Crippen LogP contribution in [0.25, 0.3) is 0 Å². The van der Waals surface area contributed by atoms with Crippen molar-refractivity contribution in [3.63, 3.8) is 0 Å². The molecule has 1 unspecified atom stereocenters. The molecule has 2 aromatic heterocycles. The van der Waals surface area contributed by atoms with Gasteiger partial charge < -0.3 is 15.4 Å². The van der Waals surface area contributed by atoms with E-state index in [0.29, 0.717) is 0 Å². The lowest BCUT2D eigenvalue weighted by Crippen LogP contribution is -2.30. The fourth-order valence-corrected chi connectivity index (χ4v) is 3.06. The zero-order chi connectivity index (χ0) is 15.6. The van der Waals surface area contributed by atoms with Crippen molar-refractivity contribution in [1.29, 1.82) is 0 Å². The highest BCUT2D eigenvalue weighted by molar-refractivity contribution is 7.12. The first-order valence-electron chi connectivity index (χ1n) is 6.27. The Kier molecular flexibility index (Phi) is 4.32. The Hall–Kier alpha value is -2.29. The van der Waals surface area contributed by atoms with Crippen LogP contribution in [-0.2, 0) is 11.3 Å². The fraction of sp³-hybridized carbons (Fsp3) is 0.417. The van der Waals surface area contributed by atoms with Crippen LogP contribution in [0, 0.1) is 24.0 Å². The number of thiophene rings is 1. The second-order valence-corrected chi connectivity index (χ2v) is 6.12. The fourth-order valence-electron chi connectivity index (χ4n) is 2.04. The van der Waals surface area contributed by atoms with Gasteiger partial charge in [-0.1, -0.05) is 4.98 Å². The number of rotatable bonds is 5. The minimum absolute atomic E-state index is 0.104. The number of hydrogen-bond donors (Lipinski definition) is 1. The van der Waals surface area contributed by atoms with Crippen LogP contribution < -0.4 is 5.32 Å². The van der Waals surface area contributed by atoms with Gasteiger partial charge in [-0.15, -0.1) is 11.3 Å². The highest BCUT2D eigenvalue weighted by atomic mass is 32.1. The third kappa shape index (κ3) is 3.63. The predicted octanol–water partition coefficient (Wildman–Crippen LogP) is 1.74. The molecule has 1 atom stereocenters. The van der Waals surface area contributed by atoms with Crippen molar-refractivity contribution in [2.75, 3.05) is 0 Å². The van der Waals surface area contributed by atoms with E-state index in [-0.39, 0.29) is 18.5 Å². The first-order chi connectivity index (χ1) is 9.86. The van der Waals surface area contributed by atoms with Gasteiger partial charge in [-0.05, 0) is 37.3 Å². The lowest BCUT2D eigenvalue weighted by Gasteiger charge is -2.13. The number of carbonyl (C=O) groups is 1. The van der Waals surface area contributed by atoms with Crippen molar-refractivity contribution < 1.29 is 9.72 Å². The van der Waals surface area contributed by atoms with Crippen molar-refractivity contribution in [1.82, 2.24) is 20.1 Å². The van der Waals surface area contributed by atoms with Crippen LogP contribution in [0.4, 0.5) is 5.95 Å². The average Bonchev–Trinajstić information content (AvgIpc) is 2.95. The molecule has 0 bridgehead atoms. The molecule has 2 heterocycles. The van der Waals surface area contributed by atoms with Crippen LogP contribution in [0.3, 0.4) is 0 Å². The van der Waals surface area contributed by atoms with Crippen molar-refractivity contribution in [2.45, 2.75) is 33.4 Å². The highest BCUT2D eigenvalue weighted by Crippen LogP contribution is 2.25. The minimum Gasteiger partial charge on any atom is -0.390 e. The van der Waals surface area contributed by atoms with Crippen LogP contribution in [0.1, 0.15) is 28.3 Å². The quantitative estimate of drug-likeness (QED) is 0.669. The smallest absolute Gasteiger partial charge is 0.390 e. The van der Waals surface area contributed by atoms with Gasteiger partial charge in [0.15, 0.2) is 0 Å².